The summed E-state index contributed by atoms with van der Waals surface area (Å²) >= 11 is 0. The van der Waals surface area contributed by atoms with E-state index in [0.717, 1.165) is 18.4 Å². The summed E-state index contributed by atoms with van der Waals surface area (Å²) in [5.74, 6) is 1.09. The molecule has 0 unspecified atom stereocenters. The highest BCUT2D eigenvalue weighted by molar-refractivity contribution is 5.98. The number of benzene rings is 2. The van der Waals surface area contributed by atoms with Gasteiger partial charge in [0.15, 0.2) is 5.78 Å². The van der Waals surface area contributed by atoms with Crippen molar-refractivity contribution in [2.45, 2.75) is 32.6 Å². The predicted octanol–water partition coefficient (Wildman–Crippen LogP) is 4.41. The van der Waals surface area contributed by atoms with Crippen LogP contribution in [0.5, 0.6) is 11.5 Å². The molecule has 0 bridgehead atoms. The number of phenolic OH excluding ortho intramolecular Hbond substituents is 1. The highest BCUT2D eigenvalue weighted by atomic mass is 16.5. The number of ether oxygens (including phenoxy) is 1. The molecule has 2 aromatic carbocycles. The number of amides is 2. The Morgan fingerprint density at radius 2 is 1.93 bits per heavy atom. The number of Topliss-reactive ketones (excluding diaryl/α,β-unsaturated/α-hetero) is 1. The SMILES string of the molecule is CCOc1ccc(C(C)=O)cc1NC(=O)N1CCC(c2cccc(O)c2)CC1. The van der Waals surface area contributed by atoms with E-state index in [-0.39, 0.29) is 17.6 Å². The summed E-state index contributed by atoms with van der Waals surface area (Å²) in [6, 6.07) is 12.2. The van der Waals surface area contributed by atoms with Crippen molar-refractivity contribution in [3.63, 3.8) is 0 Å². The van der Waals surface area contributed by atoms with Gasteiger partial charge in [0.25, 0.3) is 0 Å². The molecule has 0 atom stereocenters. The number of carbonyl (C=O) groups excluding carboxylic acids is 2. The van der Waals surface area contributed by atoms with Gasteiger partial charge in [-0.15, -0.1) is 0 Å². The number of carbonyl (C=O) groups is 2. The second-order valence-electron chi connectivity index (χ2n) is 6.99. The number of ketones is 1. The number of anilines is 1. The second kappa shape index (κ2) is 8.78. The summed E-state index contributed by atoms with van der Waals surface area (Å²) in [5.41, 5.74) is 2.14. The molecule has 3 rings (SSSR count). The number of phenols is 1. The lowest BCUT2D eigenvalue weighted by atomic mass is 9.89. The smallest absolute Gasteiger partial charge is 0.321 e. The van der Waals surface area contributed by atoms with Crippen molar-refractivity contribution in [2.24, 2.45) is 0 Å². The number of nitrogens with zero attached hydrogens (tertiary/aromatic N) is 1. The van der Waals surface area contributed by atoms with Crippen molar-refractivity contribution in [2.75, 3.05) is 25.0 Å². The Morgan fingerprint density at radius 3 is 2.57 bits per heavy atom. The van der Waals surface area contributed by atoms with E-state index in [2.05, 4.69) is 5.32 Å². The van der Waals surface area contributed by atoms with Crippen LogP contribution in [0.25, 0.3) is 0 Å². The number of piperidine rings is 1. The van der Waals surface area contributed by atoms with Gasteiger partial charge in [0.2, 0.25) is 0 Å². The molecule has 0 spiro atoms. The standard InChI is InChI=1S/C22H26N2O4/c1-3-28-21-8-7-17(15(2)25)14-20(21)23-22(27)24-11-9-16(10-12-24)18-5-4-6-19(26)13-18/h4-8,13-14,16,26H,3,9-12H2,1-2H3,(H,23,27). The first-order valence-electron chi connectivity index (χ1n) is 9.60. The van der Waals surface area contributed by atoms with Crippen molar-refractivity contribution in [3.8, 4) is 11.5 Å². The number of nitrogens with one attached hydrogen (secondary N) is 1. The summed E-state index contributed by atoms with van der Waals surface area (Å²) in [6.45, 7) is 5.09. The van der Waals surface area contributed by atoms with Gasteiger partial charge in [-0.25, -0.2) is 4.79 Å². The van der Waals surface area contributed by atoms with Crippen LogP contribution in [0.2, 0.25) is 0 Å². The Kier molecular flexibility index (Phi) is 6.19. The van der Waals surface area contributed by atoms with Crippen LogP contribution < -0.4 is 10.1 Å². The third-order valence-electron chi connectivity index (χ3n) is 5.05. The van der Waals surface area contributed by atoms with E-state index in [1.165, 1.54) is 6.92 Å². The first-order valence-corrected chi connectivity index (χ1v) is 9.60. The minimum atomic E-state index is -0.198. The zero-order chi connectivity index (χ0) is 20.1. The molecule has 2 amide bonds. The molecule has 1 aliphatic rings. The van der Waals surface area contributed by atoms with Gasteiger partial charge in [0.05, 0.1) is 12.3 Å². The Morgan fingerprint density at radius 1 is 1.18 bits per heavy atom. The highest BCUT2D eigenvalue weighted by Crippen LogP contribution is 2.31. The van der Waals surface area contributed by atoms with E-state index in [1.807, 2.05) is 19.1 Å². The highest BCUT2D eigenvalue weighted by Gasteiger charge is 2.24. The number of rotatable bonds is 5. The average Bonchev–Trinajstić information content (AvgIpc) is 2.69. The fourth-order valence-corrected chi connectivity index (χ4v) is 3.52. The summed E-state index contributed by atoms with van der Waals surface area (Å²) < 4.78 is 5.58. The quantitative estimate of drug-likeness (QED) is 0.751. The molecule has 1 heterocycles. The lowest BCUT2D eigenvalue weighted by Gasteiger charge is -2.32. The molecule has 2 aromatic rings. The zero-order valence-corrected chi connectivity index (χ0v) is 16.3. The van der Waals surface area contributed by atoms with Gasteiger partial charge in [-0.05, 0) is 68.5 Å². The maximum Gasteiger partial charge on any atom is 0.321 e. The molecule has 0 saturated carbocycles. The van der Waals surface area contributed by atoms with Gasteiger partial charge in [-0.2, -0.15) is 0 Å². The van der Waals surface area contributed by atoms with Crippen molar-refractivity contribution >= 4 is 17.5 Å². The van der Waals surface area contributed by atoms with E-state index in [9.17, 15) is 14.7 Å². The minimum Gasteiger partial charge on any atom is -0.508 e. The Hall–Kier alpha value is -3.02. The van der Waals surface area contributed by atoms with Crippen LogP contribution in [0.1, 0.15) is 48.5 Å². The van der Waals surface area contributed by atoms with E-state index >= 15 is 0 Å². The molecule has 6 nitrogen and oxygen atoms in total. The van der Waals surface area contributed by atoms with Crippen molar-refractivity contribution in [1.82, 2.24) is 4.90 Å². The zero-order valence-electron chi connectivity index (χ0n) is 16.3. The monoisotopic (exact) mass is 382 g/mol. The minimum absolute atomic E-state index is 0.0644. The molecule has 1 aliphatic heterocycles. The molecule has 1 fully saturated rings. The lowest BCUT2D eigenvalue weighted by Crippen LogP contribution is -2.40. The number of aromatic hydroxyl groups is 1. The summed E-state index contributed by atoms with van der Waals surface area (Å²) in [7, 11) is 0. The fraction of sp³-hybridized carbons (Fsp3) is 0.364. The number of likely N-dealkylation sites (tertiary alicyclic amines) is 1. The largest absolute Gasteiger partial charge is 0.508 e. The maximum atomic E-state index is 12.7. The van der Waals surface area contributed by atoms with Crippen LogP contribution >= 0.6 is 0 Å². The van der Waals surface area contributed by atoms with Crippen LogP contribution in [0, 0.1) is 0 Å². The lowest BCUT2D eigenvalue weighted by molar-refractivity contribution is 0.101. The third-order valence-corrected chi connectivity index (χ3v) is 5.05. The molecule has 148 valence electrons. The Bertz CT molecular complexity index is 857. The average molecular weight is 382 g/mol. The molecule has 0 radical (unpaired) electrons. The van der Waals surface area contributed by atoms with Gasteiger partial charge < -0.3 is 20.1 Å². The molecule has 6 heteroatoms. The first kappa shape index (κ1) is 19.7. The number of urea groups is 1. The van der Waals surface area contributed by atoms with Crippen molar-refractivity contribution in [1.29, 1.82) is 0 Å². The van der Waals surface area contributed by atoms with Crippen molar-refractivity contribution in [3.05, 3.63) is 53.6 Å². The Balaban J connectivity index is 1.66. The Labute approximate surface area is 165 Å². The molecule has 28 heavy (non-hydrogen) atoms. The molecule has 2 N–H and O–H groups in total. The van der Waals surface area contributed by atoms with Crippen molar-refractivity contribution < 1.29 is 19.4 Å². The summed E-state index contributed by atoms with van der Waals surface area (Å²) in [6.07, 6.45) is 1.67. The number of hydrogen-bond donors (Lipinski definition) is 2. The fourth-order valence-electron chi connectivity index (χ4n) is 3.52. The van der Waals surface area contributed by atoms with Crippen LogP contribution in [0.4, 0.5) is 10.5 Å². The van der Waals surface area contributed by atoms with E-state index in [4.69, 9.17) is 4.74 Å². The molecule has 1 saturated heterocycles. The second-order valence-corrected chi connectivity index (χ2v) is 6.99. The molecular formula is C22H26N2O4. The molecule has 0 aliphatic carbocycles. The van der Waals surface area contributed by atoms with Gasteiger partial charge in [0, 0.05) is 18.7 Å². The summed E-state index contributed by atoms with van der Waals surface area (Å²) in [4.78, 5) is 26.2. The van der Waals surface area contributed by atoms with Gasteiger partial charge in [-0.1, -0.05) is 12.1 Å². The third kappa shape index (κ3) is 4.63. The first-order chi connectivity index (χ1) is 13.5. The molecular weight excluding hydrogens is 356 g/mol. The van der Waals surface area contributed by atoms with E-state index < -0.39 is 0 Å². The van der Waals surface area contributed by atoms with Gasteiger partial charge >= 0.3 is 6.03 Å². The van der Waals surface area contributed by atoms with Crippen LogP contribution in [0.15, 0.2) is 42.5 Å². The van der Waals surface area contributed by atoms with Crippen LogP contribution in [-0.2, 0) is 0 Å². The maximum absolute atomic E-state index is 12.7. The van der Waals surface area contributed by atoms with E-state index in [1.54, 1.807) is 35.2 Å². The predicted molar refractivity (Wildman–Crippen MR) is 108 cm³/mol. The topological polar surface area (TPSA) is 78.9 Å². The summed E-state index contributed by atoms with van der Waals surface area (Å²) in [5, 5.41) is 12.6. The number of hydrogen-bond acceptors (Lipinski definition) is 4. The molecule has 0 aromatic heterocycles. The van der Waals surface area contributed by atoms with E-state index in [0.29, 0.717) is 42.6 Å². The van der Waals surface area contributed by atoms with Gasteiger partial charge in [0.1, 0.15) is 11.5 Å². The van der Waals surface area contributed by atoms with Gasteiger partial charge in [-0.3, -0.25) is 4.79 Å². The van der Waals surface area contributed by atoms with Crippen LogP contribution in [0.3, 0.4) is 0 Å². The van der Waals surface area contributed by atoms with Crippen LogP contribution in [-0.4, -0.2) is 41.5 Å². The normalized spacial score (nSPS) is 14.6.